The Balaban J connectivity index is 2.46. The maximum absolute atomic E-state index is 11.9. The van der Waals surface area contributed by atoms with Gasteiger partial charge in [-0.05, 0) is 19.1 Å². The summed E-state index contributed by atoms with van der Waals surface area (Å²) in [5, 5.41) is 6.54. The fourth-order valence-electron chi connectivity index (χ4n) is 1.54. The van der Waals surface area contributed by atoms with Crippen molar-refractivity contribution < 1.29 is 14.3 Å². The third-order valence-corrected chi connectivity index (χ3v) is 2.60. The van der Waals surface area contributed by atoms with Crippen molar-refractivity contribution in [3.8, 4) is 0 Å². The van der Waals surface area contributed by atoms with E-state index in [1.54, 1.807) is 38.3 Å². The lowest BCUT2D eigenvalue weighted by Gasteiger charge is -2.06. The van der Waals surface area contributed by atoms with E-state index in [0.717, 1.165) is 0 Å². The number of anilines is 1. The van der Waals surface area contributed by atoms with Gasteiger partial charge < -0.3 is 15.8 Å². The minimum Gasteiger partial charge on any atom is -0.398 e. The number of hydrogen-bond acceptors (Lipinski definition) is 5. The molecule has 0 aliphatic rings. The van der Waals surface area contributed by atoms with Crippen LogP contribution >= 0.6 is 0 Å². The number of methoxy groups -OCH3 is 1. The van der Waals surface area contributed by atoms with Gasteiger partial charge >= 0.3 is 0 Å². The number of ether oxygens (including phenoxy) is 1. The Bertz CT molecular complexity index is 529. The summed E-state index contributed by atoms with van der Waals surface area (Å²) < 4.78 is 4.82. The molecule has 4 N–H and O–H groups in total. The predicted molar refractivity (Wildman–Crippen MR) is 80.9 cm³/mol. The van der Waals surface area contributed by atoms with Gasteiger partial charge in [0.1, 0.15) is 0 Å². The van der Waals surface area contributed by atoms with Gasteiger partial charge in [-0.2, -0.15) is 5.10 Å². The van der Waals surface area contributed by atoms with Crippen LogP contribution in [0.25, 0.3) is 0 Å². The maximum Gasteiger partial charge on any atom is 0.273 e. The van der Waals surface area contributed by atoms with Gasteiger partial charge in [0.15, 0.2) is 0 Å². The second-order valence-electron chi connectivity index (χ2n) is 4.39. The second kappa shape index (κ2) is 8.70. The van der Waals surface area contributed by atoms with E-state index in [1.807, 2.05) is 0 Å². The number of para-hydroxylation sites is 1. The molecule has 2 amide bonds. The topological polar surface area (TPSA) is 106 Å². The first-order valence-electron chi connectivity index (χ1n) is 6.48. The first-order valence-corrected chi connectivity index (χ1v) is 6.48. The Labute approximate surface area is 123 Å². The smallest absolute Gasteiger partial charge is 0.273 e. The number of hydrazone groups is 1. The summed E-state index contributed by atoms with van der Waals surface area (Å²) in [6, 6.07) is 6.69. The summed E-state index contributed by atoms with van der Waals surface area (Å²) >= 11 is 0. The fourth-order valence-corrected chi connectivity index (χ4v) is 1.54. The molecule has 0 saturated carbocycles. The van der Waals surface area contributed by atoms with Crippen LogP contribution in [0.15, 0.2) is 29.4 Å². The van der Waals surface area contributed by atoms with Crippen LogP contribution in [-0.2, 0) is 9.53 Å². The van der Waals surface area contributed by atoms with E-state index in [0.29, 0.717) is 30.1 Å². The third-order valence-electron chi connectivity index (χ3n) is 2.60. The van der Waals surface area contributed by atoms with E-state index >= 15 is 0 Å². The largest absolute Gasteiger partial charge is 0.398 e. The molecular weight excluding hydrogens is 272 g/mol. The van der Waals surface area contributed by atoms with Crippen LogP contribution in [0.5, 0.6) is 0 Å². The first-order chi connectivity index (χ1) is 10.0. The Morgan fingerprint density at radius 3 is 2.71 bits per heavy atom. The Kier molecular flexibility index (Phi) is 6.90. The van der Waals surface area contributed by atoms with Crippen LogP contribution < -0.4 is 16.5 Å². The van der Waals surface area contributed by atoms with E-state index in [2.05, 4.69) is 15.8 Å². The first kappa shape index (κ1) is 16.6. The standard InChI is InChI=1S/C14H20N4O3/c1-10(9-13(19)16-7-8-21-2)17-18-14(20)11-5-3-4-6-12(11)15/h3-6H,7-9,15H2,1-2H3,(H,16,19)(H,18,20)/b17-10-. The van der Waals surface area contributed by atoms with Crippen LogP contribution in [-0.4, -0.2) is 37.8 Å². The minimum absolute atomic E-state index is 0.105. The maximum atomic E-state index is 11.9. The van der Waals surface area contributed by atoms with Gasteiger partial charge in [0.25, 0.3) is 5.91 Å². The van der Waals surface area contributed by atoms with Gasteiger partial charge in [-0.3, -0.25) is 9.59 Å². The van der Waals surface area contributed by atoms with Gasteiger partial charge in [-0.15, -0.1) is 0 Å². The molecule has 0 heterocycles. The fraction of sp³-hybridized carbons (Fsp3) is 0.357. The van der Waals surface area contributed by atoms with E-state index in [-0.39, 0.29) is 12.3 Å². The molecule has 0 atom stereocenters. The highest BCUT2D eigenvalue weighted by atomic mass is 16.5. The molecule has 114 valence electrons. The van der Waals surface area contributed by atoms with Crippen LogP contribution in [0, 0.1) is 0 Å². The Morgan fingerprint density at radius 2 is 2.05 bits per heavy atom. The van der Waals surface area contributed by atoms with Crippen molar-refractivity contribution in [2.24, 2.45) is 5.10 Å². The molecule has 1 aromatic carbocycles. The molecule has 1 rings (SSSR count). The zero-order chi connectivity index (χ0) is 15.7. The number of benzene rings is 1. The van der Waals surface area contributed by atoms with Crippen molar-refractivity contribution in [3.05, 3.63) is 29.8 Å². The number of rotatable bonds is 7. The van der Waals surface area contributed by atoms with Crippen molar-refractivity contribution in [1.29, 1.82) is 0 Å². The molecule has 21 heavy (non-hydrogen) atoms. The normalized spacial score (nSPS) is 11.0. The average molecular weight is 292 g/mol. The number of nitrogens with two attached hydrogens (primary N) is 1. The molecule has 7 heteroatoms. The summed E-state index contributed by atoms with van der Waals surface area (Å²) in [6.45, 7) is 2.55. The molecule has 0 radical (unpaired) electrons. The number of amides is 2. The van der Waals surface area contributed by atoms with Crippen molar-refractivity contribution in [2.75, 3.05) is 26.0 Å². The molecular formula is C14H20N4O3. The molecule has 7 nitrogen and oxygen atoms in total. The molecule has 0 aliphatic heterocycles. The monoisotopic (exact) mass is 292 g/mol. The lowest BCUT2D eigenvalue weighted by atomic mass is 10.2. The summed E-state index contributed by atoms with van der Waals surface area (Å²) in [6.07, 6.45) is 0.105. The summed E-state index contributed by atoms with van der Waals surface area (Å²) in [5.41, 5.74) is 9.28. The van der Waals surface area contributed by atoms with E-state index in [9.17, 15) is 9.59 Å². The lowest BCUT2D eigenvalue weighted by molar-refractivity contribution is -0.120. The molecule has 1 aromatic rings. The van der Waals surface area contributed by atoms with Crippen molar-refractivity contribution >= 4 is 23.2 Å². The summed E-state index contributed by atoms with van der Waals surface area (Å²) in [4.78, 5) is 23.4. The third kappa shape index (κ3) is 6.05. The van der Waals surface area contributed by atoms with Crippen LogP contribution in [0.2, 0.25) is 0 Å². The van der Waals surface area contributed by atoms with Crippen LogP contribution in [0.4, 0.5) is 5.69 Å². The zero-order valence-corrected chi connectivity index (χ0v) is 12.2. The predicted octanol–water partition coefficient (Wildman–Crippen LogP) is 0.527. The molecule has 0 fully saturated rings. The van der Waals surface area contributed by atoms with Crippen molar-refractivity contribution in [3.63, 3.8) is 0 Å². The lowest BCUT2D eigenvalue weighted by Crippen LogP contribution is -2.29. The Morgan fingerprint density at radius 1 is 1.33 bits per heavy atom. The van der Waals surface area contributed by atoms with Gasteiger partial charge in [-0.25, -0.2) is 5.43 Å². The average Bonchev–Trinajstić information content (AvgIpc) is 2.45. The van der Waals surface area contributed by atoms with Crippen LogP contribution in [0.1, 0.15) is 23.7 Å². The SMILES string of the molecule is COCCNC(=O)C/C(C)=N\NC(=O)c1ccccc1N. The quantitative estimate of drug-likeness (QED) is 0.295. The highest BCUT2D eigenvalue weighted by Gasteiger charge is 2.08. The number of carbonyl (C=O) groups is 2. The molecule has 0 bridgehead atoms. The highest BCUT2D eigenvalue weighted by Crippen LogP contribution is 2.09. The molecule has 0 aliphatic carbocycles. The highest BCUT2D eigenvalue weighted by molar-refractivity contribution is 6.02. The molecule has 0 saturated heterocycles. The van der Waals surface area contributed by atoms with Crippen molar-refractivity contribution in [1.82, 2.24) is 10.7 Å². The number of carbonyl (C=O) groups excluding carboxylic acids is 2. The minimum atomic E-state index is -0.410. The van der Waals surface area contributed by atoms with E-state index < -0.39 is 5.91 Å². The number of nitrogens with one attached hydrogen (secondary N) is 2. The number of hydrogen-bond donors (Lipinski definition) is 3. The zero-order valence-electron chi connectivity index (χ0n) is 12.2. The van der Waals surface area contributed by atoms with Gasteiger partial charge in [-0.1, -0.05) is 12.1 Å². The second-order valence-corrected chi connectivity index (χ2v) is 4.39. The van der Waals surface area contributed by atoms with E-state index in [4.69, 9.17) is 10.5 Å². The summed E-state index contributed by atoms with van der Waals surface area (Å²) in [5.74, 6) is -0.589. The van der Waals surface area contributed by atoms with Gasteiger partial charge in [0, 0.05) is 25.1 Å². The summed E-state index contributed by atoms with van der Waals surface area (Å²) in [7, 11) is 1.56. The van der Waals surface area contributed by atoms with Crippen molar-refractivity contribution in [2.45, 2.75) is 13.3 Å². The number of nitrogen functional groups attached to an aromatic ring is 1. The molecule has 0 spiro atoms. The van der Waals surface area contributed by atoms with Gasteiger partial charge in [0.2, 0.25) is 5.91 Å². The van der Waals surface area contributed by atoms with Crippen LogP contribution in [0.3, 0.4) is 0 Å². The molecule has 0 aromatic heterocycles. The molecule has 0 unspecified atom stereocenters. The Hall–Kier alpha value is -2.41. The van der Waals surface area contributed by atoms with Gasteiger partial charge in [0.05, 0.1) is 18.6 Å². The number of nitrogens with zero attached hydrogens (tertiary/aromatic N) is 1. The van der Waals surface area contributed by atoms with E-state index in [1.165, 1.54) is 0 Å².